The largest absolute Gasteiger partial charge is 0.480 e. The van der Waals surface area contributed by atoms with Crippen molar-refractivity contribution < 1.29 is 34.2 Å². The highest BCUT2D eigenvalue weighted by atomic mass is 16.4. The number of carboxylic acid groups (broad SMARTS) is 1. The number of aliphatic hydroxyl groups is 1. The molecule has 0 spiro atoms. The molecule has 0 unspecified atom stereocenters. The van der Waals surface area contributed by atoms with Gasteiger partial charge in [-0.25, -0.2) is 0 Å². The van der Waals surface area contributed by atoms with Crippen molar-refractivity contribution in [1.82, 2.24) is 21.3 Å². The third-order valence-corrected chi connectivity index (χ3v) is 6.87. The summed E-state index contributed by atoms with van der Waals surface area (Å²) >= 11 is 0. The number of rotatable bonds is 16. The Labute approximate surface area is 239 Å². The molecule has 226 valence electrons. The molecule has 13 nitrogen and oxygen atoms in total. The number of nitrogens with two attached hydrogens (primary N) is 1. The summed E-state index contributed by atoms with van der Waals surface area (Å²) in [5.74, 6) is -3.38. The molecule has 0 saturated carbocycles. The molecule has 1 aliphatic rings. The average Bonchev–Trinajstić information content (AvgIpc) is 3.37. The summed E-state index contributed by atoms with van der Waals surface area (Å²) in [5, 5.41) is 29.3. The number of aliphatic imine (C=N–C) groups is 1. The molecule has 0 fully saturated rings. The maximum absolute atomic E-state index is 13.4. The van der Waals surface area contributed by atoms with Crippen LogP contribution in [0.3, 0.4) is 0 Å². The molecule has 1 aliphatic heterocycles. The summed E-state index contributed by atoms with van der Waals surface area (Å²) in [5.41, 5.74) is 6.48. The monoisotopic (exact) mass is 574 g/mol. The van der Waals surface area contributed by atoms with E-state index in [-0.39, 0.29) is 24.7 Å². The van der Waals surface area contributed by atoms with Gasteiger partial charge in [0.05, 0.1) is 6.10 Å². The van der Waals surface area contributed by atoms with E-state index in [4.69, 9.17) is 5.73 Å². The molecule has 1 aromatic rings. The average molecular weight is 575 g/mol. The van der Waals surface area contributed by atoms with E-state index in [9.17, 15) is 34.2 Å². The Kier molecular flexibility index (Phi) is 13.4. The number of carbonyl (C=O) groups is 5. The first-order valence-electron chi connectivity index (χ1n) is 13.8. The van der Waals surface area contributed by atoms with Crippen LogP contribution in [0.4, 0.5) is 0 Å². The lowest BCUT2D eigenvalue weighted by molar-refractivity contribution is -0.141. The van der Waals surface area contributed by atoms with E-state index in [0.29, 0.717) is 19.4 Å². The lowest BCUT2D eigenvalue weighted by Gasteiger charge is -2.25. The van der Waals surface area contributed by atoms with Crippen molar-refractivity contribution in [2.45, 2.75) is 89.2 Å². The summed E-state index contributed by atoms with van der Waals surface area (Å²) in [7, 11) is 0. The third-order valence-electron chi connectivity index (χ3n) is 6.87. The molecule has 0 aromatic heterocycles. The fourth-order valence-corrected chi connectivity index (χ4v) is 4.20. The zero-order chi connectivity index (χ0) is 30.5. The highest BCUT2D eigenvalue weighted by Gasteiger charge is 2.30. The Bertz CT molecular complexity index is 1080. The second-order valence-electron chi connectivity index (χ2n) is 10.4. The van der Waals surface area contributed by atoms with E-state index >= 15 is 0 Å². The van der Waals surface area contributed by atoms with Crippen molar-refractivity contribution in [1.29, 1.82) is 0 Å². The van der Waals surface area contributed by atoms with Crippen LogP contribution in [0.5, 0.6) is 0 Å². The standard InChI is InChI=1S/C28H42N6O7/c1-16-12-14-30-23(16)27(39)31-13-8-7-11-20(33-26(38)22(29)18(3)35)24(36)34-21(15-19-9-5-4-6-10-19)25(37)32-17(2)28(40)41/h4-6,9-10,14,16-18,20-23,35H,7-8,11-13,15,29H2,1-3H3,(H,31,39)(H,32,37)(H,33,38)(H,34,36)(H,40,41)/t16-,17+,18-,20+,21+,22+,23-/m1/s1. The topological polar surface area (TPSA) is 212 Å². The first kappa shape index (κ1) is 33.4. The first-order chi connectivity index (χ1) is 19.4. The number of nitrogens with zero attached hydrogens (tertiary/aromatic N) is 1. The molecular weight excluding hydrogens is 532 g/mol. The van der Waals surface area contributed by atoms with Crippen LogP contribution in [0.1, 0.15) is 52.0 Å². The zero-order valence-corrected chi connectivity index (χ0v) is 23.7. The summed E-state index contributed by atoms with van der Waals surface area (Å²) in [4.78, 5) is 66.7. The van der Waals surface area contributed by atoms with Crippen LogP contribution in [-0.2, 0) is 30.4 Å². The van der Waals surface area contributed by atoms with Crippen molar-refractivity contribution in [3.8, 4) is 0 Å². The Morgan fingerprint density at radius 1 is 0.976 bits per heavy atom. The Morgan fingerprint density at radius 3 is 2.20 bits per heavy atom. The number of carbonyl (C=O) groups excluding carboxylic acids is 4. The Hall–Kier alpha value is -3.84. The highest BCUT2D eigenvalue weighted by Crippen LogP contribution is 2.16. The number of carboxylic acids is 1. The Morgan fingerprint density at radius 2 is 1.61 bits per heavy atom. The fraction of sp³-hybridized carbons (Fsp3) is 0.571. The molecule has 8 N–H and O–H groups in total. The zero-order valence-electron chi connectivity index (χ0n) is 23.7. The van der Waals surface area contributed by atoms with Gasteiger partial charge in [0.15, 0.2) is 0 Å². The van der Waals surface area contributed by atoms with Crippen LogP contribution in [-0.4, -0.2) is 88.9 Å². The number of unbranched alkanes of at least 4 members (excludes halogenated alkanes) is 1. The summed E-state index contributed by atoms with van der Waals surface area (Å²) in [6, 6.07) is 3.74. The molecular formula is C28H42N6O7. The molecule has 2 rings (SSSR count). The van der Waals surface area contributed by atoms with Crippen LogP contribution in [0.15, 0.2) is 35.3 Å². The minimum atomic E-state index is -1.28. The number of benzene rings is 1. The number of nitrogens with one attached hydrogen (secondary N) is 4. The summed E-state index contributed by atoms with van der Waals surface area (Å²) in [6.45, 7) is 4.95. The molecule has 13 heteroatoms. The van der Waals surface area contributed by atoms with E-state index in [0.717, 1.165) is 12.0 Å². The van der Waals surface area contributed by atoms with Crippen LogP contribution in [0, 0.1) is 5.92 Å². The van der Waals surface area contributed by atoms with Gasteiger partial charge in [0, 0.05) is 19.2 Å². The molecule has 41 heavy (non-hydrogen) atoms. The number of hydrogen-bond acceptors (Lipinski definition) is 8. The summed E-state index contributed by atoms with van der Waals surface area (Å²) < 4.78 is 0. The molecule has 1 heterocycles. The quantitative estimate of drug-likeness (QED) is 0.125. The minimum Gasteiger partial charge on any atom is -0.480 e. The number of hydrogen-bond donors (Lipinski definition) is 7. The van der Waals surface area contributed by atoms with Gasteiger partial charge in [-0.15, -0.1) is 0 Å². The predicted molar refractivity (Wildman–Crippen MR) is 152 cm³/mol. The molecule has 4 amide bonds. The maximum atomic E-state index is 13.4. The van der Waals surface area contributed by atoms with Crippen molar-refractivity contribution in [2.75, 3.05) is 6.54 Å². The van der Waals surface area contributed by atoms with Gasteiger partial charge in [-0.2, -0.15) is 0 Å². The second-order valence-corrected chi connectivity index (χ2v) is 10.4. The fourth-order valence-electron chi connectivity index (χ4n) is 4.20. The third kappa shape index (κ3) is 10.9. The van der Waals surface area contributed by atoms with Crippen LogP contribution in [0.25, 0.3) is 0 Å². The van der Waals surface area contributed by atoms with E-state index in [2.05, 4.69) is 26.3 Å². The van der Waals surface area contributed by atoms with Gasteiger partial charge in [-0.3, -0.25) is 29.0 Å². The molecule has 1 aromatic carbocycles. The molecule has 7 atom stereocenters. The van der Waals surface area contributed by atoms with Crippen molar-refractivity contribution in [3.63, 3.8) is 0 Å². The van der Waals surface area contributed by atoms with Crippen molar-refractivity contribution in [2.24, 2.45) is 16.6 Å². The summed E-state index contributed by atoms with van der Waals surface area (Å²) in [6.07, 6.45) is 2.49. The van der Waals surface area contributed by atoms with Gasteiger partial charge < -0.3 is 37.2 Å². The van der Waals surface area contributed by atoms with E-state index in [1.807, 2.05) is 6.92 Å². The van der Waals surface area contributed by atoms with Gasteiger partial charge in [0.2, 0.25) is 23.6 Å². The molecule has 0 aliphatic carbocycles. The normalized spacial score (nSPS) is 19.7. The first-order valence-corrected chi connectivity index (χ1v) is 13.8. The smallest absolute Gasteiger partial charge is 0.325 e. The predicted octanol–water partition coefficient (Wildman–Crippen LogP) is -0.738. The van der Waals surface area contributed by atoms with Gasteiger partial charge >= 0.3 is 5.97 Å². The van der Waals surface area contributed by atoms with Crippen LogP contribution >= 0.6 is 0 Å². The Balaban J connectivity index is 2.08. The van der Waals surface area contributed by atoms with Gasteiger partial charge in [0.1, 0.15) is 30.2 Å². The number of aliphatic carboxylic acids is 1. The lowest BCUT2D eigenvalue weighted by atomic mass is 10.0. The molecule has 0 radical (unpaired) electrons. The second kappa shape index (κ2) is 16.4. The number of aliphatic hydroxyl groups excluding tert-OH is 1. The van der Waals surface area contributed by atoms with Gasteiger partial charge in [-0.1, -0.05) is 37.3 Å². The maximum Gasteiger partial charge on any atom is 0.325 e. The van der Waals surface area contributed by atoms with E-state index in [1.54, 1.807) is 36.5 Å². The van der Waals surface area contributed by atoms with Gasteiger partial charge in [-0.05, 0) is 51.0 Å². The van der Waals surface area contributed by atoms with Crippen molar-refractivity contribution >= 4 is 35.8 Å². The lowest BCUT2D eigenvalue weighted by Crippen LogP contribution is -2.58. The van der Waals surface area contributed by atoms with Gasteiger partial charge in [0.25, 0.3) is 0 Å². The molecule has 0 bridgehead atoms. The molecule has 0 saturated heterocycles. The van der Waals surface area contributed by atoms with Crippen LogP contribution < -0.4 is 27.0 Å². The van der Waals surface area contributed by atoms with E-state index in [1.165, 1.54) is 13.8 Å². The minimum absolute atomic E-state index is 0.0761. The SMILES string of the molecule is C[C@H](NC(=O)[C@H](Cc1ccccc1)NC(=O)[C@H](CCCCNC(=O)[C@@H]1N=CC[C@H]1C)NC(=O)[C@@H](N)[C@@H](C)O)C(=O)O. The highest BCUT2D eigenvalue weighted by molar-refractivity contribution is 5.94. The van der Waals surface area contributed by atoms with Crippen molar-refractivity contribution in [3.05, 3.63) is 35.9 Å². The number of amides is 4. The van der Waals surface area contributed by atoms with Crippen LogP contribution in [0.2, 0.25) is 0 Å². The van der Waals surface area contributed by atoms with E-state index < -0.39 is 60.0 Å².